The molecule has 1 aromatic carbocycles. The highest BCUT2D eigenvalue weighted by atomic mass is 32.2. The number of nitrogens with zero attached hydrogens (tertiary/aromatic N) is 2. The van der Waals surface area contributed by atoms with Crippen LogP contribution in [0.25, 0.3) is 0 Å². The zero-order valence-corrected chi connectivity index (χ0v) is 15.8. The van der Waals surface area contributed by atoms with Crippen molar-refractivity contribution < 1.29 is 27.1 Å². The van der Waals surface area contributed by atoms with Gasteiger partial charge in [0, 0.05) is 20.0 Å². The summed E-state index contributed by atoms with van der Waals surface area (Å²) in [5.74, 6) is -0.969. The van der Waals surface area contributed by atoms with E-state index in [0.29, 0.717) is 0 Å². The molecule has 1 aromatic rings. The lowest BCUT2D eigenvalue weighted by Crippen LogP contribution is -2.37. The van der Waals surface area contributed by atoms with Crippen molar-refractivity contribution in [1.82, 2.24) is 10.0 Å². The molecule has 1 aliphatic rings. The van der Waals surface area contributed by atoms with Crippen LogP contribution in [0, 0.1) is 11.2 Å². The molecule has 28 heavy (non-hydrogen) atoms. The maximum Gasteiger partial charge on any atom is 0.414 e. The fourth-order valence-electron chi connectivity index (χ4n) is 2.56. The Balaban J connectivity index is 2.07. The molecule has 1 atom stereocenters. The van der Waals surface area contributed by atoms with Crippen molar-refractivity contribution in [1.29, 1.82) is 5.41 Å². The molecular formula is C15H21FN6O5S. The average molecular weight is 416 g/mol. The van der Waals surface area contributed by atoms with Gasteiger partial charge in [0.1, 0.15) is 11.9 Å². The molecule has 2 amide bonds. The summed E-state index contributed by atoms with van der Waals surface area (Å²) in [6.45, 7) is 1.48. The van der Waals surface area contributed by atoms with Gasteiger partial charge in [0.05, 0.1) is 30.8 Å². The topological polar surface area (TPSA) is 158 Å². The van der Waals surface area contributed by atoms with Crippen LogP contribution in [0.5, 0.6) is 0 Å². The van der Waals surface area contributed by atoms with Gasteiger partial charge in [0.25, 0.3) is 10.2 Å². The first-order chi connectivity index (χ1) is 13.1. The summed E-state index contributed by atoms with van der Waals surface area (Å²) in [5, 5.41) is 14.8. The lowest BCUT2D eigenvalue weighted by atomic mass is 10.2. The number of amides is 2. The maximum absolute atomic E-state index is 14.5. The predicted octanol–water partition coefficient (Wildman–Crippen LogP) is -0.506. The molecule has 0 radical (unpaired) electrons. The molecular weight excluding hydrogens is 395 g/mol. The van der Waals surface area contributed by atoms with E-state index in [-0.39, 0.29) is 43.5 Å². The first-order valence-electron chi connectivity index (χ1n) is 8.17. The summed E-state index contributed by atoms with van der Waals surface area (Å²) in [5.41, 5.74) is 0.279. The van der Waals surface area contributed by atoms with Gasteiger partial charge in [-0.3, -0.25) is 15.1 Å². The van der Waals surface area contributed by atoms with Crippen molar-refractivity contribution in [2.24, 2.45) is 5.14 Å². The van der Waals surface area contributed by atoms with Crippen LogP contribution >= 0.6 is 0 Å². The number of cyclic esters (lactones) is 1. The van der Waals surface area contributed by atoms with Gasteiger partial charge in [-0.1, -0.05) is 0 Å². The molecule has 1 unspecified atom stereocenters. The van der Waals surface area contributed by atoms with Gasteiger partial charge < -0.3 is 15.0 Å². The van der Waals surface area contributed by atoms with Crippen molar-refractivity contribution in [2.45, 2.75) is 13.0 Å². The third kappa shape index (κ3) is 5.87. The highest BCUT2D eigenvalue weighted by Crippen LogP contribution is 2.27. The van der Waals surface area contributed by atoms with Crippen molar-refractivity contribution in [2.75, 3.05) is 36.0 Å². The Morgan fingerprint density at radius 2 is 2.25 bits per heavy atom. The summed E-state index contributed by atoms with van der Waals surface area (Å²) >= 11 is 0. The van der Waals surface area contributed by atoms with E-state index >= 15 is 0 Å². The Morgan fingerprint density at radius 3 is 2.82 bits per heavy atom. The number of anilines is 2. The van der Waals surface area contributed by atoms with E-state index < -0.39 is 28.2 Å². The minimum Gasteiger partial charge on any atom is -0.442 e. The molecule has 154 valence electrons. The molecule has 0 bridgehead atoms. The van der Waals surface area contributed by atoms with Crippen molar-refractivity contribution >= 4 is 39.9 Å². The summed E-state index contributed by atoms with van der Waals surface area (Å²) in [4.78, 5) is 25.4. The number of hydrogen-bond acceptors (Lipinski definition) is 6. The molecule has 11 nitrogen and oxygen atoms in total. The molecule has 0 aromatic heterocycles. The first-order valence-corrected chi connectivity index (χ1v) is 9.72. The number of benzene rings is 1. The van der Waals surface area contributed by atoms with Crippen molar-refractivity contribution in [3.63, 3.8) is 0 Å². The fraction of sp³-hybridized carbons (Fsp3) is 0.400. The Morgan fingerprint density at radius 1 is 1.54 bits per heavy atom. The molecule has 1 heterocycles. The summed E-state index contributed by atoms with van der Waals surface area (Å²) in [7, 11) is -3.89. The lowest BCUT2D eigenvalue weighted by molar-refractivity contribution is -0.119. The smallest absolute Gasteiger partial charge is 0.414 e. The zero-order chi connectivity index (χ0) is 20.9. The number of halogens is 1. The van der Waals surface area contributed by atoms with Gasteiger partial charge in [-0.25, -0.2) is 19.0 Å². The molecule has 0 spiro atoms. The van der Waals surface area contributed by atoms with Crippen molar-refractivity contribution in [3.05, 3.63) is 24.0 Å². The molecule has 0 saturated carbocycles. The minimum absolute atomic E-state index is 0.0253. The zero-order valence-electron chi connectivity index (χ0n) is 15.0. The lowest BCUT2D eigenvalue weighted by Gasteiger charge is -2.21. The number of ether oxygens (including phenoxy) is 1. The SMILES string of the molecule is CC(=O)NCC1CN(c2ccc(N(C=N)CCNS(N)(=O)=O)c(F)c2)C(=O)O1. The quantitative estimate of drug-likeness (QED) is 0.314. The van der Waals surface area contributed by atoms with E-state index in [4.69, 9.17) is 15.3 Å². The first kappa shape index (κ1) is 21.5. The molecule has 13 heteroatoms. The second kappa shape index (κ2) is 8.95. The summed E-state index contributed by atoms with van der Waals surface area (Å²) in [6.07, 6.45) is -0.374. The third-order valence-corrected chi connectivity index (χ3v) is 4.42. The van der Waals surface area contributed by atoms with Crippen LogP contribution in [0.1, 0.15) is 6.92 Å². The molecule has 1 saturated heterocycles. The van der Waals surface area contributed by atoms with Gasteiger partial charge in [-0.2, -0.15) is 8.42 Å². The second-order valence-corrected chi connectivity index (χ2v) is 7.33. The van der Waals surface area contributed by atoms with E-state index in [9.17, 15) is 22.4 Å². The number of carbonyl (C=O) groups is 2. The standard InChI is InChI=1S/C15H21FN6O5S/c1-10(23)19-7-12-8-22(15(24)27-12)11-2-3-14(13(16)6-11)21(9-17)5-4-20-28(18,25)26/h2-3,6,9,12,17,20H,4-5,7-8H2,1H3,(H,19,23)(H2,18,25,26). The van der Waals surface area contributed by atoms with E-state index in [1.807, 2.05) is 4.72 Å². The Hall–Kier alpha value is -2.77. The van der Waals surface area contributed by atoms with Crippen LogP contribution < -0.4 is 25.0 Å². The maximum atomic E-state index is 14.5. The van der Waals surface area contributed by atoms with E-state index in [1.165, 1.54) is 28.9 Å². The van der Waals surface area contributed by atoms with Gasteiger partial charge in [-0.15, -0.1) is 0 Å². The Kier molecular flexibility index (Phi) is 6.88. The largest absolute Gasteiger partial charge is 0.442 e. The summed E-state index contributed by atoms with van der Waals surface area (Å²) < 4.78 is 43.5. The van der Waals surface area contributed by atoms with Gasteiger partial charge in [-0.05, 0) is 18.2 Å². The second-order valence-electron chi connectivity index (χ2n) is 5.95. The van der Waals surface area contributed by atoms with E-state index in [1.54, 1.807) is 0 Å². The molecule has 1 fully saturated rings. The number of carbonyl (C=O) groups excluding carboxylic acids is 2. The minimum atomic E-state index is -3.89. The number of nitrogens with one attached hydrogen (secondary N) is 3. The average Bonchev–Trinajstić information content (AvgIpc) is 2.97. The van der Waals surface area contributed by atoms with Crippen LogP contribution in [0.4, 0.5) is 20.6 Å². The number of nitrogens with two attached hydrogens (primary N) is 1. The molecule has 2 rings (SSSR count). The van der Waals surface area contributed by atoms with E-state index in [0.717, 1.165) is 12.4 Å². The van der Waals surface area contributed by atoms with Gasteiger partial charge in [0.2, 0.25) is 5.91 Å². The van der Waals surface area contributed by atoms with Crippen molar-refractivity contribution in [3.8, 4) is 0 Å². The highest BCUT2D eigenvalue weighted by molar-refractivity contribution is 7.87. The molecule has 1 aliphatic heterocycles. The third-order valence-electron chi connectivity index (χ3n) is 3.82. The normalized spacial score (nSPS) is 16.6. The highest BCUT2D eigenvalue weighted by Gasteiger charge is 2.32. The monoisotopic (exact) mass is 416 g/mol. The van der Waals surface area contributed by atoms with Gasteiger partial charge >= 0.3 is 6.09 Å². The number of rotatable bonds is 9. The van der Waals surface area contributed by atoms with Gasteiger partial charge in [0.15, 0.2) is 0 Å². The fourth-order valence-corrected chi connectivity index (χ4v) is 2.93. The van der Waals surface area contributed by atoms with Crippen LogP contribution in [-0.2, 0) is 19.7 Å². The van der Waals surface area contributed by atoms with Crippen LogP contribution in [0.2, 0.25) is 0 Å². The Bertz CT molecular complexity index is 864. The predicted molar refractivity (Wildman–Crippen MR) is 99.9 cm³/mol. The Labute approximate surface area is 161 Å². The molecule has 0 aliphatic carbocycles. The van der Waals surface area contributed by atoms with Crippen LogP contribution in [0.15, 0.2) is 18.2 Å². The van der Waals surface area contributed by atoms with Crippen LogP contribution in [-0.4, -0.2) is 59.0 Å². The van der Waals surface area contributed by atoms with Crippen LogP contribution in [0.3, 0.4) is 0 Å². The number of hydrogen-bond donors (Lipinski definition) is 4. The van der Waals surface area contributed by atoms with E-state index in [2.05, 4.69) is 5.32 Å². The molecule has 5 N–H and O–H groups in total. The summed E-state index contributed by atoms with van der Waals surface area (Å²) in [6, 6.07) is 3.95.